The molecule has 110 valence electrons. The summed E-state index contributed by atoms with van der Waals surface area (Å²) in [6.07, 6.45) is -0.726. The van der Waals surface area contributed by atoms with Crippen LogP contribution in [0.5, 0.6) is 0 Å². The summed E-state index contributed by atoms with van der Waals surface area (Å²) in [7, 11) is 0. The zero-order valence-electron chi connectivity index (χ0n) is 12.0. The van der Waals surface area contributed by atoms with Gasteiger partial charge in [0.15, 0.2) is 0 Å². The smallest absolute Gasteiger partial charge is 0.256 e. The van der Waals surface area contributed by atoms with E-state index in [0.717, 1.165) is 24.2 Å². The minimum Gasteiger partial charge on any atom is -0.388 e. The summed E-state index contributed by atoms with van der Waals surface area (Å²) in [5.74, 6) is -0.154. The lowest BCUT2D eigenvalue weighted by atomic mass is 10.1. The average Bonchev–Trinajstić information content (AvgIpc) is 2.76. The van der Waals surface area contributed by atoms with Gasteiger partial charge in [-0.3, -0.25) is 4.79 Å². The van der Waals surface area contributed by atoms with Gasteiger partial charge in [0.25, 0.3) is 5.91 Å². The van der Waals surface area contributed by atoms with Crippen molar-refractivity contribution in [3.63, 3.8) is 0 Å². The summed E-state index contributed by atoms with van der Waals surface area (Å²) in [5, 5.41) is 22.4. The molecule has 1 saturated heterocycles. The minimum atomic E-state index is -0.851. The summed E-state index contributed by atoms with van der Waals surface area (Å²) >= 11 is 0. The van der Waals surface area contributed by atoms with E-state index < -0.39 is 12.2 Å². The van der Waals surface area contributed by atoms with Crippen molar-refractivity contribution < 1.29 is 15.0 Å². The summed E-state index contributed by atoms with van der Waals surface area (Å²) in [6.45, 7) is 5.21. The molecule has 0 radical (unpaired) electrons. The largest absolute Gasteiger partial charge is 0.388 e. The quantitative estimate of drug-likeness (QED) is 0.768. The van der Waals surface area contributed by atoms with Crippen LogP contribution < -0.4 is 5.32 Å². The third-order valence-electron chi connectivity index (χ3n) is 3.52. The molecule has 2 atom stereocenters. The molecular weight excluding hydrogens is 256 g/mol. The first kappa shape index (κ1) is 14.8. The maximum Gasteiger partial charge on any atom is 0.256 e. The van der Waals surface area contributed by atoms with Crippen LogP contribution in [0.1, 0.15) is 29.3 Å². The Labute approximate surface area is 119 Å². The van der Waals surface area contributed by atoms with Crippen LogP contribution >= 0.6 is 0 Å². The van der Waals surface area contributed by atoms with E-state index >= 15 is 0 Å². The zero-order chi connectivity index (χ0) is 14.7. The Balaban J connectivity index is 2.21. The van der Waals surface area contributed by atoms with Crippen molar-refractivity contribution in [2.24, 2.45) is 0 Å². The summed E-state index contributed by atoms with van der Waals surface area (Å²) in [5.41, 5.74) is 2.49. The molecule has 0 saturated carbocycles. The molecule has 1 heterocycles. The van der Waals surface area contributed by atoms with E-state index in [1.165, 1.54) is 4.90 Å². The van der Waals surface area contributed by atoms with Crippen molar-refractivity contribution in [3.05, 3.63) is 29.3 Å². The molecule has 2 unspecified atom stereocenters. The maximum atomic E-state index is 12.5. The van der Waals surface area contributed by atoms with Crippen LogP contribution in [0, 0.1) is 6.92 Å². The number of anilines is 1. The molecule has 1 amide bonds. The van der Waals surface area contributed by atoms with E-state index in [0.29, 0.717) is 5.56 Å². The molecule has 3 N–H and O–H groups in total. The first-order chi connectivity index (χ1) is 9.52. The van der Waals surface area contributed by atoms with Crippen molar-refractivity contribution in [1.82, 2.24) is 4.90 Å². The van der Waals surface area contributed by atoms with Crippen LogP contribution in [0.4, 0.5) is 5.69 Å². The predicted octanol–water partition coefficient (Wildman–Crippen LogP) is 0.995. The predicted molar refractivity (Wildman–Crippen MR) is 77.9 cm³/mol. The van der Waals surface area contributed by atoms with Gasteiger partial charge >= 0.3 is 0 Å². The molecule has 1 fully saturated rings. The molecule has 5 nitrogen and oxygen atoms in total. The fraction of sp³-hybridized carbons (Fsp3) is 0.533. The van der Waals surface area contributed by atoms with Gasteiger partial charge in [-0.2, -0.15) is 0 Å². The van der Waals surface area contributed by atoms with Crippen LogP contribution in [0.2, 0.25) is 0 Å². The zero-order valence-corrected chi connectivity index (χ0v) is 12.0. The highest BCUT2D eigenvalue weighted by atomic mass is 16.3. The number of β-amino-alcohol motifs (C(OH)–C–C–N with tert-alkyl or cyclic N) is 2. The summed E-state index contributed by atoms with van der Waals surface area (Å²) in [6, 6.07) is 5.64. The number of nitrogens with zero attached hydrogens (tertiary/aromatic N) is 1. The topological polar surface area (TPSA) is 72.8 Å². The number of likely N-dealkylation sites (tertiary alicyclic amines) is 1. The van der Waals surface area contributed by atoms with Gasteiger partial charge < -0.3 is 20.4 Å². The van der Waals surface area contributed by atoms with Gasteiger partial charge in [0.2, 0.25) is 0 Å². The Morgan fingerprint density at radius 3 is 2.60 bits per heavy atom. The third kappa shape index (κ3) is 3.11. The van der Waals surface area contributed by atoms with Gasteiger partial charge in [-0.25, -0.2) is 0 Å². The molecule has 0 bridgehead atoms. The van der Waals surface area contributed by atoms with Gasteiger partial charge in [-0.05, 0) is 31.0 Å². The lowest BCUT2D eigenvalue weighted by Crippen LogP contribution is -2.30. The van der Waals surface area contributed by atoms with Gasteiger partial charge in [0.1, 0.15) is 0 Å². The summed E-state index contributed by atoms with van der Waals surface area (Å²) < 4.78 is 0. The first-order valence-corrected chi connectivity index (χ1v) is 7.03. The van der Waals surface area contributed by atoms with Gasteiger partial charge in [0, 0.05) is 25.3 Å². The van der Waals surface area contributed by atoms with Gasteiger partial charge in [-0.15, -0.1) is 0 Å². The Kier molecular flexibility index (Phi) is 4.62. The molecule has 1 aliphatic rings. The SMILES string of the molecule is CCCNc1cc(C)ccc1C(=O)N1CC(O)C(O)C1. The second kappa shape index (κ2) is 6.24. The molecule has 1 aromatic carbocycles. The van der Waals surface area contributed by atoms with Crippen molar-refractivity contribution in [2.75, 3.05) is 25.0 Å². The van der Waals surface area contributed by atoms with E-state index in [1.54, 1.807) is 6.07 Å². The number of amides is 1. The molecule has 0 aliphatic carbocycles. The van der Waals surface area contributed by atoms with Crippen LogP contribution in [0.3, 0.4) is 0 Å². The number of aliphatic hydroxyl groups is 2. The van der Waals surface area contributed by atoms with E-state index in [9.17, 15) is 15.0 Å². The molecule has 0 aromatic heterocycles. The highest BCUT2D eigenvalue weighted by molar-refractivity contribution is 6.00. The van der Waals surface area contributed by atoms with E-state index in [2.05, 4.69) is 12.2 Å². The molecular formula is C15H22N2O3. The first-order valence-electron chi connectivity index (χ1n) is 7.03. The van der Waals surface area contributed by atoms with Gasteiger partial charge in [0.05, 0.1) is 17.8 Å². The highest BCUT2D eigenvalue weighted by Crippen LogP contribution is 2.22. The second-order valence-corrected chi connectivity index (χ2v) is 5.32. The molecule has 20 heavy (non-hydrogen) atoms. The minimum absolute atomic E-state index is 0.154. The Morgan fingerprint density at radius 2 is 2.00 bits per heavy atom. The molecule has 1 aromatic rings. The lowest BCUT2D eigenvalue weighted by molar-refractivity contribution is 0.0572. The number of hydrogen-bond donors (Lipinski definition) is 3. The number of aliphatic hydroxyl groups excluding tert-OH is 2. The number of benzene rings is 1. The molecule has 2 rings (SSSR count). The van der Waals surface area contributed by atoms with Crippen molar-refractivity contribution in [3.8, 4) is 0 Å². The Morgan fingerprint density at radius 1 is 1.35 bits per heavy atom. The molecule has 5 heteroatoms. The maximum absolute atomic E-state index is 12.5. The molecule has 1 aliphatic heterocycles. The fourth-order valence-corrected chi connectivity index (χ4v) is 2.36. The number of carbonyl (C=O) groups excluding carboxylic acids is 1. The van der Waals surface area contributed by atoms with Crippen molar-refractivity contribution >= 4 is 11.6 Å². The lowest BCUT2D eigenvalue weighted by Gasteiger charge is -2.18. The van der Waals surface area contributed by atoms with Crippen LogP contribution in [0.15, 0.2) is 18.2 Å². The summed E-state index contributed by atoms with van der Waals surface area (Å²) in [4.78, 5) is 14.0. The van der Waals surface area contributed by atoms with Gasteiger partial charge in [-0.1, -0.05) is 13.0 Å². The van der Waals surface area contributed by atoms with Crippen LogP contribution in [-0.4, -0.2) is 52.9 Å². The second-order valence-electron chi connectivity index (χ2n) is 5.32. The Hall–Kier alpha value is -1.59. The number of nitrogens with one attached hydrogen (secondary N) is 1. The third-order valence-corrected chi connectivity index (χ3v) is 3.52. The number of rotatable bonds is 4. The number of carbonyl (C=O) groups is 1. The normalized spacial score (nSPS) is 22.1. The number of aryl methyl sites for hydroxylation is 1. The van der Waals surface area contributed by atoms with E-state index in [-0.39, 0.29) is 19.0 Å². The fourth-order valence-electron chi connectivity index (χ4n) is 2.36. The highest BCUT2D eigenvalue weighted by Gasteiger charge is 2.33. The van der Waals surface area contributed by atoms with E-state index in [1.807, 2.05) is 19.1 Å². The Bertz CT molecular complexity index is 480. The number of hydrogen-bond acceptors (Lipinski definition) is 4. The van der Waals surface area contributed by atoms with E-state index in [4.69, 9.17) is 0 Å². The van der Waals surface area contributed by atoms with Crippen molar-refractivity contribution in [2.45, 2.75) is 32.5 Å². The van der Waals surface area contributed by atoms with Crippen molar-refractivity contribution in [1.29, 1.82) is 0 Å². The average molecular weight is 278 g/mol. The molecule has 0 spiro atoms. The standard InChI is InChI=1S/C15H22N2O3/c1-3-6-16-12-7-10(2)4-5-11(12)15(20)17-8-13(18)14(19)9-17/h4-5,7,13-14,16,18-19H,3,6,8-9H2,1-2H3. The van der Waals surface area contributed by atoms with Crippen LogP contribution in [0.25, 0.3) is 0 Å². The monoisotopic (exact) mass is 278 g/mol. The van der Waals surface area contributed by atoms with Crippen LogP contribution in [-0.2, 0) is 0 Å².